The lowest BCUT2D eigenvalue weighted by Gasteiger charge is -2.43. The van der Waals surface area contributed by atoms with Crippen molar-refractivity contribution in [3.63, 3.8) is 0 Å². The lowest BCUT2D eigenvalue weighted by Crippen LogP contribution is -2.50. The minimum atomic E-state index is -3.59. The summed E-state index contributed by atoms with van der Waals surface area (Å²) in [6, 6.07) is 40.3. The zero-order valence-corrected chi connectivity index (χ0v) is 21.7. The fourth-order valence-corrected chi connectivity index (χ4v) is 6.26. The average molecular weight is 512 g/mol. The van der Waals surface area contributed by atoms with Crippen LogP contribution in [0.3, 0.4) is 0 Å². The maximum absolute atomic E-state index is 13.0. The molecule has 1 unspecified atom stereocenters. The highest BCUT2D eigenvalue weighted by Crippen LogP contribution is 2.31. The maximum Gasteiger partial charge on any atom is 0.240 e. The fourth-order valence-electron chi connectivity index (χ4n) is 5.20. The number of sulfonamides is 1. The van der Waals surface area contributed by atoms with Crippen molar-refractivity contribution in [1.82, 2.24) is 14.5 Å². The summed E-state index contributed by atoms with van der Waals surface area (Å²) < 4.78 is 28.8. The highest BCUT2D eigenvalue weighted by atomic mass is 32.2. The molecule has 0 radical (unpaired) electrons. The molecule has 4 aromatic rings. The molecule has 0 aliphatic carbocycles. The average Bonchev–Trinajstić information content (AvgIpc) is 2.96. The summed E-state index contributed by atoms with van der Waals surface area (Å²) in [6.07, 6.45) is 0. The molecule has 37 heavy (non-hydrogen) atoms. The Bertz CT molecular complexity index is 1300. The lowest BCUT2D eigenvalue weighted by atomic mass is 9.96. The molecule has 0 bridgehead atoms. The van der Waals surface area contributed by atoms with Gasteiger partial charge in [0.2, 0.25) is 10.0 Å². The van der Waals surface area contributed by atoms with Gasteiger partial charge in [0.25, 0.3) is 0 Å². The Labute approximate surface area is 220 Å². The van der Waals surface area contributed by atoms with Crippen molar-refractivity contribution in [2.75, 3.05) is 32.7 Å². The molecule has 1 N–H and O–H groups in total. The number of benzene rings is 4. The van der Waals surface area contributed by atoms with Crippen molar-refractivity contribution in [1.29, 1.82) is 0 Å². The van der Waals surface area contributed by atoms with Gasteiger partial charge in [-0.15, -0.1) is 0 Å². The molecule has 1 saturated heterocycles. The van der Waals surface area contributed by atoms with Crippen LogP contribution >= 0.6 is 0 Å². The lowest BCUT2D eigenvalue weighted by molar-refractivity contribution is 0.0796. The van der Waals surface area contributed by atoms with Gasteiger partial charge in [-0.05, 0) is 28.8 Å². The largest absolute Gasteiger partial charge is 0.292 e. The summed E-state index contributed by atoms with van der Waals surface area (Å²) in [4.78, 5) is 5.24. The SMILES string of the molecule is O=S(=O)(NCC(c1ccccc1)N1CCN(C(c2ccccc2)c2ccccc2)CC1)c1ccccc1. The van der Waals surface area contributed by atoms with Crippen LogP contribution in [-0.2, 0) is 10.0 Å². The van der Waals surface area contributed by atoms with E-state index >= 15 is 0 Å². The van der Waals surface area contributed by atoms with Gasteiger partial charge < -0.3 is 0 Å². The van der Waals surface area contributed by atoms with Crippen LogP contribution in [0, 0.1) is 0 Å². The van der Waals surface area contributed by atoms with E-state index in [0.29, 0.717) is 11.4 Å². The second-order valence-corrected chi connectivity index (χ2v) is 11.2. The van der Waals surface area contributed by atoms with Gasteiger partial charge >= 0.3 is 0 Å². The van der Waals surface area contributed by atoms with E-state index < -0.39 is 10.0 Å². The molecule has 0 aromatic heterocycles. The van der Waals surface area contributed by atoms with Gasteiger partial charge in [0.1, 0.15) is 0 Å². The van der Waals surface area contributed by atoms with E-state index in [0.717, 1.165) is 31.7 Å². The van der Waals surface area contributed by atoms with Gasteiger partial charge in [-0.25, -0.2) is 13.1 Å². The van der Waals surface area contributed by atoms with Crippen LogP contribution in [0.25, 0.3) is 0 Å². The highest BCUT2D eigenvalue weighted by Gasteiger charge is 2.30. The van der Waals surface area contributed by atoms with Gasteiger partial charge in [0.05, 0.1) is 10.9 Å². The third-order valence-corrected chi connectivity index (χ3v) is 8.53. The molecular weight excluding hydrogens is 478 g/mol. The van der Waals surface area contributed by atoms with Gasteiger partial charge in [-0.1, -0.05) is 109 Å². The number of piperazine rings is 1. The molecule has 0 spiro atoms. The third-order valence-electron chi connectivity index (χ3n) is 7.09. The molecule has 1 fully saturated rings. The molecule has 1 aliphatic heterocycles. The first-order valence-corrected chi connectivity index (χ1v) is 14.3. The highest BCUT2D eigenvalue weighted by molar-refractivity contribution is 7.89. The minimum Gasteiger partial charge on any atom is -0.292 e. The Kier molecular flexibility index (Phi) is 8.12. The van der Waals surface area contributed by atoms with Crippen LogP contribution < -0.4 is 4.72 Å². The summed E-state index contributed by atoms with van der Waals surface area (Å²) >= 11 is 0. The van der Waals surface area contributed by atoms with Crippen molar-refractivity contribution in [3.8, 4) is 0 Å². The number of nitrogens with one attached hydrogen (secondary N) is 1. The van der Waals surface area contributed by atoms with Crippen LogP contribution in [0.2, 0.25) is 0 Å². The molecule has 0 amide bonds. The van der Waals surface area contributed by atoms with E-state index in [1.807, 2.05) is 24.3 Å². The van der Waals surface area contributed by atoms with Crippen molar-refractivity contribution in [2.45, 2.75) is 17.0 Å². The zero-order chi connectivity index (χ0) is 25.5. The van der Waals surface area contributed by atoms with Crippen LogP contribution in [0.1, 0.15) is 28.8 Å². The second kappa shape index (κ2) is 11.8. The Balaban J connectivity index is 1.34. The number of hydrogen-bond donors (Lipinski definition) is 1. The van der Waals surface area contributed by atoms with Crippen molar-refractivity contribution in [2.24, 2.45) is 0 Å². The molecule has 1 atom stereocenters. The molecule has 1 heterocycles. The summed E-state index contributed by atoms with van der Waals surface area (Å²) in [5.41, 5.74) is 3.70. The van der Waals surface area contributed by atoms with Crippen LogP contribution in [0.15, 0.2) is 126 Å². The summed E-state index contributed by atoms with van der Waals surface area (Å²) in [7, 11) is -3.59. The first-order valence-electron chi connectivity index (χ1n) is 12.8. The van der Waals surface area contributed by atoms with Gasteiger partial charge in [0.15, 0.2) is 0 Å². The van der Waals surface area contributed by atoms with Crippen molar-refractivity contribution in [3.05, 3.63) is 138 Å². The Hall–Kier alpha value is -3.29. The normalized spacial score (nSPS) is 16.0. The topological polar surface area (TPSA) is 52.7 Å². The summed E-state index contributed by atoms with van der Waals surface area (Å²) in [5.74, 6) is 0. The number of nitrogens with zero attached hydrogens (tertiary/aromatic N) is 2. The first-order chi connectivity index (χ1) is 18.1. The van der Waals surface area contributed by atoms with Crippen LogP contribution in [-0.4, -0.2) is 50.9 Å². The Morgan fingerprint density at radius 1 is 0.568 bits per heavy atom. The number of hydrogen-bond acceptors (Lipinski definition) is 4. The van der Waals surface area contributed by atoms with Crippen molar-refractivity contribution >= 4 is 10.0 Å². The van der Waals surface area contributed by atoms with Gasteiger partial charge in [-0.2, -0.15) is 0 Å². The molecule has 6 heteroatoms. The second-order valence-electron chi connectivity index (χ2n) is 9.39. The van der Waals surface area contributed by atoms with Gasteiger partial charge in [-0.3, -0.25) is 9.80 Å². The van der Waals surface area contributed by atoms with E-state index in [4.69, 9.17) is 0 Å². The first kappa shape index (κ1) is 25.4. The van der Waals surface area contributed by atoms with E-state index in [-0.39, 0.29) is 12.1 Å². The van der Waals surface area contributed by atoms with Crippen LogP contribution in [0.4, 0.5) is 0 Å². The zero-order valence-electron chi connectivity index (χ0n) is 20.9. The summed E-state index contributed by atoms with van der Waals surface area (Å²) in [6.45, 7) is 3.81. The minimum absolute atomic E-state index is 0.0475. The quantitative estimate of drug-likeness (QED) is 0.339. The van der Waals surface area contributed by atoms with E-state index in [1.54, 1.807) is 24.3 Å². The van der Waals surface area contributed by atoms with Crippen LogP contribution in [0.5, 0.6) is 0 Å². The predicted molar refractivity (Wildman–Crippen MR) is 149 cm³/mol. The Morgan fingerprint density at radius 3 is 1.46 bits per heavy atom. The molecule has 190 valence electrons. The summed E-state index contributed by atoms with van der Waals surface area (Å²) in [5, 5.41) is 0. The third kappa shape index (κ3) is 6.17. The molecule has 0 saturated carbocycles. The molecular formula is C31H33N3O2S. The van der Waals surface area contributed by atoms with E-state index in [2.05, 4.69) is 87.3 Å². The molecule has 5 rings (SSSR count). The van der Waals surface area contributed by atoms with E-state index in [1.165, 1.54) is 11.1 Å². The van der Waals surface area contributed by atoms with Crippen molar-refractivity contribution < 1.29 is 8.42 Å². The van der Waals surface area contributed by atoms with E-state index in [9.17, 15) is 8.42 Å². The molecule has 4 aromatic carbocycles. The monoisotopic (exact) mass is 511 g/mol. The predicted octanol–water partition coefficient (Wildman–Crippen LogP) is 5.11. The Morgan fingerprint density at radius 2 is 0.973 bits per heavy atom. The standard InChI is InChI=1S/C31H33N3O2S/c35-37(36,29-19-11-4-12-20-29)32-25-30(26-13-5-1-6-14-26)33-21-23-34(24-22-33)31(27-15-7-2-8-16-27)28-17-9-3-10-18-28/h1-20,30-32H,21-25H2. The molecule has 5 nitrogen and oxygen atoms in total. The fraction of sp³-hybridized carbons (Fsp3) is 0.226. The molecule has 1 aliphatic rings. The maximum atomic E-state index is 13.0. The number of rotatable bonds is 9. The smallest absolute Gasteiger partial charge is 0.240 e. The van der Waals surface area contributed by atoms with Gasteiger partial charge in [0, 0.05) is 38.8 Å².